The van der Waals surface area contributed by atoms with Crippen molar-refractivity contribution in [1.82, 2.24) is 15.5 Å². The van der Waals surface area contributed by atoms with E-state index in [1.54, 1.807) is 0 Å². The summed E-state index contributed by atoms with van der Waals surface area (Å²) in [4.78, 5) is 5.96. The minimum Gasteiger partial charge on any atom is -0.379 e. The minimum absolute atomic E-state index is 0.00292. The highest BCUT2D eigenvalue weighted by atomic mass is 32.2. The zero-order valence-corrected chi connectivity index (χ0v) is 17.5. The Kier molecular flexibility index (Phi) is 11.1. The van der Waals surface area contributed by atoms with Crippen LogP contribution in [0.4, 0.5) is 13.2 Å². The molecule has 1 fully saturated rings. The van der Waals surface area contributed by atoms with Crippen LogP contribution in [-0.2, 0) is 14.6 Å². The first kappa shape index (κ1) is 25.0. The van der Waals surface area contributed by atoms with Crippen LogP contribution in [0.3, 0.4) is 0 Å². The smallest absolute Gasteiger partial charge is 0.379 e. The normalized spacial score (nSPS) is 17.7. The van der Waals surface area contributed by atoms with E-state index >= 15 is 0 Å². The van der Waals surface area contributed by atoms with Gasteiger partial charge in [-0.25, -0.2) is 8.42 Å². The lowest BCUT2D eigenvalue weighted by Gasteiger charge is -2.32. The molecule has 0 amide bonds. The summed E-state index contributed by atoms with van der Waals surface area (Å²) >= 11 is 0. The number of likely N-dealkylation sites (tertiary alicyclic amines) is 1. The molecule has 0 aliphatic carbocycles. The Labute approximate surface area is 166 Å². The number of hydrogen-bond acceptors (Lipinski definition) is 5. The van der Waals surface area contributed by atoms with Crippen LogP contribution in [0.15, 0.2) is 4.99 Å². The molecule has 166 valence electrons. The second kappa shape index (κ2) is 12.5. The lowest BCUT2D eigenvalue weighted by atomic mass is 9.93. The molecule has 1 aliphatic heterocycles. The van der Waals surface area contributed by atoms with Gasteiger partial charge in [-0.15, -0.1) is 0 Å². The van der Waals surface area contributed by atoms with E-state index in [0.717, 1.165) is 19.3 Å². The van der Waals surface area contributed by atoms with Crippen LogP contribution in [-0.4, -0.2) is 89.9 Å². The van der Waals surface area contributed by atoms with Gasteiger partial charge in [0.2, 0.25) is 0 Å². The maximum absolute atomic E-state index is 12.4. The molecule has 0 spiro atoms. The van der Waals surface area contributed by atoms with Gasteiger partial charge in [-0.3, -0.25) is 9.89 Å². The predicted octanol–water partition coefficient (Wildman–Crippen LogP) is 1.27. The molecule has 1 heterocycles. The van der Waals surface area contributed by atoms with Crippen LogP contribution in [0.1, 0.15) is 26.2 Å². The molecule has 1 rings (SSSR count). The lowest BCUT2D eigenvalue weighted by Crippen LogP contribution is -2.40. The van der Waals surface area contributed by atoms with Crippen molar-refractivity contribution in [2.24, 2.45) is 10.9 Å². The number of piperidine rings is 1. The molecule has 2 N–H and O–H groups in total. The Morgan fingerprint density at radius 1 is 1.21 bits per heavy atom. The molecule has 0 atom stereocenters. The van der Waals surface area contributed by atoms with Gasteiger partial charge in [-0.05, 0) is 45.2 Å². The van der Waals surface area contributed by atoms with Crippen LogP contribution in [0.5, 0.6) is 0 Å². The maximum atomic E-state index is 12.4. The zero-order valence-electron chi connectivity index (χ0n) is 16.7. The van der Waals surface area contributed by atoms with E-state index in [2.05, 4.69) is 15.6 Å². The Morgan fingerprint density at radius 3 is 2.46 bits per heavy atom. The fourth-order valence-corrected chi connectivity index (χ4v) is 3.36. The number of hydrogen-bond donors (Lipinski definition) is 2. The molecule has 1 aliphatic rings. The summed E-state index contributed by atoms with van der Waals surface area (Å²) in [6.07, 6.45) is -0.572. The minimum atomic E-state index is -4.13. The van der Waals surface area contributed by atoms with Gasteiger partial charge in [-0.1, -0.05) is 0 Å². The third kappa shape index (κ3) is 13.2. The molecule has 11 heteroatoms. The molecule has 1 saturated heterocycles. The number of ether oxygens (including phenoxy) is 1. The summed E-state index contributed by atoms with van der Waals surface area (Å²) in [7, 11) is -3.01. The molecular weight excluding hydrogens is 397 g/mol. The highest BCUT2D eigenvalue weighted by molar-refractivity contribution is 7.90. The molecule has 0 radical (unpaired) electrons. The van der Waals surface area contributed by atoms with E-state index in [4.69, 9.17) is 4.74 Å². The summed E-state index contributed by atoms with van der Waals surface area (Å²) in [6.45, 7) is 4.46. The first-order valence-electron chi connectivity index (χ1n) is 9.66. The maximum Gasteiger partial charge on any atom is 0.401 e. The first-order chi connectivity index (χ1) is 13.1. The highest BCUT2D eigenvalue weighted by Gasteiger charge is 2.32. The van der Waals surface area contributed by atoms with Crippen LogP contribution in [0.2, 0.25) is 0 Å². The Balaban J connectivity index is 2.22. The summed E-state index contributed by atoms with van der Waals surface area (Å²) in [5.74, 6) is 1.06. The summed E-state index contributed by atoms with van der Waals surface area (Å²) in [5, 5.41) is 6.24. The monoisotopic (exact) mass is 430 g/mol. The Bertz CT molecular complexity index is 562. The molecule has 0 unspecified atom stereocenters. The first-order valence-corrected chi connectivity index (χ1v) is 11.7. The standard InChI is InChI=1S/C17H33F3N4O3S/c1-3-21-16(23-8-11-27-12-13-28(2,25)26)22-7-4-15-5-9-24(10-6-15)14-17(18,19)20/h15H,3-14H2,1-2H3,(H2,21,22,23). The van der Waals surface area contributed by atoms with Gasteiger partial charge in [0.15, 0.2) is 5.96 Å². The van der Waals surface area contributed by atoms with E-state index in [0.29, 0.717) is 51.2 Å². The second-order valence-corrected chi connectivity index (χ2v) is 9.31. The molecule has 0 aromatic carbocycles. The van der Waals surface area contributed by atoms with Crippen molar-refractivity contribution in [3.05, 3.63) is 0 Å². The van der Waals surface area contributed by atoms with E-state index < -0.39 is 22.6 Å². The topological polar surface area (TPSA) is 83.0 Å². The molecule has 0 bridgehead atoms. The molecular formula is C17H33F3N4O3S. The summed E-state index contributed by atoms with van der Waals surface area (Å²) < 4.78 is 64.5. The third-order valence-electron chi connectivity index (χ3n) is 4.40. The number of guanidine groups is 1. The number of nitrogens with zero attached hydrogens (tertiary/aromatic N) is 2. The van der Waals surface area contributed by atoms with Gasteiger partial charge in [0.05, 0.1) is 25.5 Å². The number of nitrogens with one attached hydrogen (secondary N) is 2. The number of rotatable bonds is 11. The fourth-order valence-electron chi connectivity index (χ4n) is 2.94. The number of alkyl halides is 3. The fraction of sp³-hybridized carbons (Fsp3) is 0.941. The summed E-state index contributed by atoms with van der Waals surface area (Å²) in [6, 6.07) is 0. The van der Waals surface area contributed by atoms with Gasteiger partial charge in [-0.2, -0.15) is 13.2 Å². The molecule has 7 nitrogen and oxygen atoms in total. The number of halogens is 3. The van der Waals surface area contributed by atoms with Gasteiger partial charge in [0.25, 0.3) is 0 Å². The third-order valence-corrected chi connectivity index (χ3v) is 5.31. The molecule has 0 saturated carbocycles. The lowest BCUT2D eigenvalue weighted by molar-refractivity contribution is -0.148. The molecule has 0 aromatic heterocycles. The zero-order chi connectivity index (χ0) is 21.0. The van der Waals surface area contributed by atoms with Gasteiger partial charge in [0, 0.05) is 25.9 Å². The quantitative estimate of drug-likeness (QED) is 0.292. The number of sulfone groups is 1. The molecule has 28 heavy (non-hydrogen) atoms. The van der Waals surface area contributed by atoms with E-state index in [1.807, 2.05) is 6.92 Å². The van der Waals surface area contributed by atoms with Crippen LogP contribution in [0, 0.1) is 5.92 Å². The molecule has 0 aromatic rings. The van der Waals surface area contributed by atoms with Crippen LogP contribution >= 0.6 is 0 Å². The second-order valence-electron chi connectivity index (χ2n) is 7.05. The van der Waals surface area contributed by atoms with Crippen LogP contribution in [0.25, 0.3) is 0 Å². The number of aliphatic imine (C=N–C) groups is 1. The van der Waals surface area contributed by atoms with Crippen molar-refractivity contribution in [3.63, 3.8) is 0 Å². The van der Waals surface area contributed by atoms with E-state index in [1.165, 1.54) is 11.2 Å². The van der Waals surface area contributed by atoms with Gasteiger partial charge in [0.1, 0.15) is 9.84 Å². The van der Waals surface area contributed by atoms with Gasteiger partial charge < -0.3 is 15.4 Å². The average molecular weight is 431 g/mol. The van der Waals surface area contributed by atoms with E-state index in [-0.39, 0.29) is 12.4 Å². The van der Waals surface area contributed by atoms with Gasteiger partial charge >= 0.3 is 6.18 Å². The van der Waals surface area contributed by atoms with Crippen molar-refractivity contribution in [1.29, 1.82) is 0 Å². The van der Waals surface area contributed by atoms with Crippen molar-refractivity contribution in [2.45, 2.75) is 32.4 Å². The predicted molar refractivity (Wildman–Crippen MR) is 104 cm³/mol. The average Bonchev–Trinajstić information content (AvgIpc) is 2.57. The summed E-state index contributed by atoms with van der Waals surface area (Å²) in [5.41, 5.74) is 0. The van der Waals surface area contributed by atoms with E-state index in [9.17, 15) is 21.6 Å². The van der Waals surface area contributed by atoms with Crippen molar-refractivity contribution in [3.8, 4) is 0 Å². The Morgan fingerprint density at radius 2 is 1.89 bits per heavy atom. The van der Waals surface area contributed by atoms with Crippen molar-refractivity contribution in [2.75, 3.05) is 64.5 Å². The van der Waals surface area contributed by atoms with Crippen molar-refractivity contribution < 1.29 is 26.3 Å². The Hall–Kier alpha value is -1.07. The van der Waals surface area contributed by atoms with Crippen LogP contribution < -0.4 is 10.6 Å². The van der Waals surface area contributed by atoms with Crippen molar-refractivity contribution >= 4 is 15.8 Å². The largest absolute Gasteiger partial charge is 0.401 e. The SMILES string of the molecule is CCNC(=NCCC1CCN(CC(F)(F)F)CC1)NCCOCCS(C)(=O)=O. The highest BCUT2D eigenvalue weighted by Crippen LogP contribution is 2.24.